The van der Waals surface area contributed by atoms with Gasteiger partial charge in [-0.2, -0.15) is 0 Å². The van der Waals surface area contributed by atoms with Crippen LogP contribution >= 0.6 is 28.1 Å². The molecule has 1 rings (SSSR count). The van der Waals surface area contributed by atoms with Crippen LogP contribution in [0.4, 0.5) is 10.5 Å². The number of primary amides is 1. The van der Waals surface area contributed by atoms with Gasteiger partial charge in [0.15, 0.2) is 0 Å². The van der Waals surface area contributed by atoms with E-state index in [-0.39, 0.29) is 6.61 Å². The zero-order valence-corrected chi connectivity index (χ0v) is 11.3. The monoisotopic (exact) mass is 317 g/mol. The predicted molar refractivity (Wildman–Crippen MR) is 74.1 cm³/mol. The molecule has 0 atom stereocenters. The number of benzene rings is 1. The number of carbonyl (C=O) groups excluding carboxylic acids is 1. The number of carbonyl (C=O) groups is 1. The Balaban J connectivity index is 2.53. The summed E-state index contributed by atoms with van der Waals surface area (Å²) in [5.74, 6) is 0. The molecule has 0 fully saturated rings. The lowest BCUT2D eigenvalue weighted by atomic mass is 10.2. The fourth-order valence-electron chi connectivity index (χ4n) is 1.17. The highest BCUT2D eigenvalue weighted by atomic mass is 79.9. The molecule has 0 radical (unpaired) electrons. The van der Waals surface area contributed by atoms with E-state index < -0.39 is 6.09 Å². The Labute approximate surface area is 113 Å². The molecule has 1 aromatic carbocycles. The van der Waals surface area contributed by atoms with E-state index >= 15 is 0 Å². The number of nitrogens with one attached hydrogen (secondary N) is 1. The van der Waals surface area contributed by atoms with Gasteiger partial charge in [-0.15, -0.1) is 0 Å². The van der Waals surface area contributed by atoms with Crippen molar-refractivity contribution in [2.75, 3.05) is 18.5 Å². The fraction of sp³-hybridized carbons (Fsp3) is 0.200. The number of hydrogen-bond donors (Lipinski definition) is 3. The van der Waals surface area contributed by atoms with Gasteiger partial charge in [0, 0.05) is 22.3 Å². The van der Waals surface area contributed by atoms with Crippen LogP contribution in [-0.2, 0) is 4.74 Å². The molecular formula is C10H12BrN3O2S. The van der Waals surface area contributed by atoms with Crippen LogP contribution in [0.1, 0.15) is 5.56 Å². The van der Waals surface area contributed by atoms with Gasteiger partial charge in [-0.05, 0) is 34.1 Å². The van der Waals surface area contributed by atoms with Crippen LogP contribution in [-0.4, -0.2) is 24.2 Å². The van der Waals surface area contributed by atoms with Gasteiger partial charge >= 0.3 is 6.09 Å². The molecule has 0 saturated heterocycles. The van der Waals surface area contributed by atoms with Crippen molar-refractivity contribution >= 4 is 44.9 Å². The van der Waals surface area contributed by atoms with Gasteiger partial charge in [-0.3, -0.25) is 0 Å². The lowest BCUT2D eigenvalue weighted by Crippen LogP contribution is -2.18. The third-order valence-corrected chi connectivity index (χ3v) is 2.79. The Morgan fingerprint density at radius 3 is 2.71 bits per heavy atom. The molecule has 5 nitrogen and oxygen atoms in total. The maximum Gasteiger partial charge on any atom is 0.404 e. The van der Waals surface area contributed by atoms with E-state index in [1.54, 1.807) is 0 Å². The molecule has 0 aliphatic carbocycles. The topological polar surface area (TPSA) is 90.4 Å². The summed E-state index contributed by atoms with van der Waals surface area (Å²) in [6.45, 7) is 0.686. The molecule has 5 N–H and O–H groups in total. The number of rotatable bonds is 5. The van der Waals surface area contributed by atoms with E-state index in [4.69, 9.17) is 23.7 Å². The number of thiocarbonyl (C=S) groups is 1. The molecule has 1 aromatic rings. The standard InChI is InChI=1S/C10H12BrN3O2S/c11-8-5-6(1-2-7(8)9(12)17)14-3-4-16-10(13)15/h1-2,5,14H,3-4H2,(H2,12,17)(H2,13,15). The van der Waals surface area contributed by atoms with Crippen molar-refractivity contribution in [1.29, 1.82) is 0 Å². The van der Waals surface area contributed by atoms with Crippen molar-refractivity contribution in [3.05, 3.63) is 28.2 Å². The minimum atomic E-state index is -0.781. The van der Waals surface area contributed by atoms with Gasteiger partial charge in [-0.1, -0.05) is 12.2 Å². The highest BCUT2D eigenvalue weighted by Gasteiger charge is 2.03. The van der Waals surface area contributed by atoms with E-state index in [1.165, 1.54) is 0 Å². The number of nitrogens with two attached hydrogens (primary N) is 2. The quantitative estimate of drug-likeness (QED) is 0.566. The molecule has 0 heterocycles. The summed E-state index contributed by atoms with van der Waals surface area (Å²) in [5, 5.41) is 3.06. The summed E-state index contributed by atoms with van der Waals surface area (Å²) in [4.78, 5) is 10.7. The second-order valence-electron chi connectivity index (χ2n) is 3.15. The Hall–Kier alpha value is -1.34. The summed E-state index contributed by atoms with van der Waals surface area (Å²) >= 11 is 8.25. The largest absolute Gasteiger partial charge is 0.448 e. The van der Waals surface area contributed by atoms with Gasteiger partial charge in [0.1, 0.15) is 11.6 Å². The highest BCUT2D eigenvalue weighted by Crippen LogP contribution is 2.21. The Morgan fingerprint density at radius 2 is 2.18 bits per heavy atom. The lowest BCUT2D eigenvalue weighted by Gasteiger charge is -2.08. The van der Waals surface area contributed by atoms with Crippen molar-refractivity contribution in [2.24, 2.45) is 11.5 Å². The molecule has 0 spiro atoms. The molecule has 0 aliphatic rings. The van der Waals surface area contributed by atoms with Crippen LogP contribution in [0, 0.1) is 0 Å². The van der Waals surface area contributed by atoms with Crippen LogP contribution in [0.15, 0.2) is 22.7 Å². The Kier molecular flexibility index (Phi) is 5.17. The first-order valence-corrected chi connectivity index (χ1v) is 5.96. The Bertz CT molecular complexity index is 440. The first-order chi connectivity index (χ1) is 8.00. The van der Waals surface area contributed by atoms with E-state index in [0.717, 1.165) is 15.7 Å². The molecule has 7 heteroatoms. The summed E-state index contributed by atoms with van der Waals surface area (Å²) in [5.41, 5.74) is 12.0. The molecule has 0 unspecified atom stereocenters. The third kappa shape index (κ3) is 4.58. The second-order valence-corrected chi connectivity index (χ2v) is 4.45. The maximum atomic E-state index is 10.3. The first kappa shape index (κ1) is 13.7. The van der Waals surface area contributed by atoms with Crippen LogP contribution in [0.2, 0.25) is 0 Å². The van der Waals surface area contributed by atoms with Gasteiger partial charge < -0.3 is 21.5 Å². The summed E-state index contributed by atoms with van der Waals surface area (Å²) in [7, 11) is 0. The van der Waals surface area contributed by atoms with E-state index in [9.17, 15) is 4.79 Å². The van der Waals surface area contributed by atoms with Gasteiger partial charge in [0.25, 0.3) is 0 Å². The number of hydrogen-bond acceptors (Lipinski definition) is 4. The number of anilines is 1. The molecule has 0 aromatic heterocycles. The van der Waals surface area contributed by atoms with E-state index in [1.807, 2.05) is 18.2 Å². The summed E-state index contributed by atoms with van der Waals surface area (Å²) in [6, 6.07) is 5.49. The molecule has 0 aliphatic heterocycles. The molecule has 0 bridgehead atoms. The fourth-order valence-corrected chi connectivity index (χ4v) is 2.07. The van der Waals surface area contributed by atoms with Gasteiger partial charge in [0.2, 0.25) is 0 Å². The number of amides is 1. The molecule has 17 heavy (non-hydrogen) atoms. The average Bonchev–Trinajstić information content (AvgIpc) is 2.23. The molecule has 92 valence electrons. The molecule has 1 amide bonds. The average molecular weight is 318 g/mol. The van der Waals surface area contributed by atoms with Crippen molar-refractivity contribution in [3.8, 4) is 0 Å². The smallest absolute Gasteiger partial charge is 0.404 e. The number of ether oxygens (including phenoxy) is 1. The lowest BCUT2D eigenvalue weighted by molar-refractivity contribution is 0.161. The minimum Gasteiger partial charge on any atom is -0.448 e. The van der Waals surface area contributed by atoms with Crippen molar-refractivity contribution < 1.29 is 9.53 Å². The first-order valence-electron chi connectivity index (χ1n) is 4.76. The van der Waals surface area contributed by atoms with Gasteiger partial charge in [0.05, 0.1) is 0 Å². The number of halogens is 1. The zero-order chi connectivity index (χ0) is 12.8. The van der Waals surface area contributed by atoms with E-state index in [2.05, 4.69) is 26.0 Å². The second kappa shape index (κ2) is 6.41. The van der Waals surface area contributed by atoms with E-state index in [0.29, 0.717) is 11.5 Å². The van der Waals surface area contributed by atoms with Crippen LogP contribution < -0.4 is 16.8 Å². The Morgan fingerprint density at radius 1 is 1.47 bits per heavy atom. The molecule has 0 saturated carbocycles. The van der Waals surface area contributed by atoms with Crippen molar-refractivity contribution in [3.63, 3.8) is 0 Å². The highest BCUT2D eigenvalue weighted by molar-refractivity contribution is 9.10. The molecular weight excluding hydrogens is 306 g/mol. The van der Waals surface area contributed by atoms with Crippen LogP contribution in [0.5, 0.6) is 0 Å². The summed E-state index contributed by atoms with van der Waals surface area (Å²) in [6.07, 6.45) is -0.781. The maximum absolute atomic E-state index is 10.3. The normalized spacial score (nSPS) is 9.71. The van der Waals surface area contributed by atoms with Gasteiger partial charge in [-0.25, -0.2) is 4.79 Å². The third-order valence-electron chi connectivity index (χ3n) is 1.91. The van der Waals surface area contributed by atoms with Crippen molar-refractivity contribution in [2.45, 2.75) is 0 Å². The van der Waals surface area contributed by atoms with Crippen LogP contribution in [0.3, 0.4) is 0 Å². The van der Waals surface area contributed by atoms with Crippen LogP contribution in [0.25, 0.3) is 0 Å². The minimum absolute atomic E-state index is 0.212. The predicted octanol–water partition coefficient (Wildman–Crippen LogP) is 1.59. The zero-order valence-electron chi connectivity index (χ0n) is 8.90. The van der Waals surface area contributed by atoms with Crippen molar-refractivity contribution in [1.82, 2.24) is 0 Å². The SMILES string of the molecule is NC(=O)OCCNc1ccc(C(N)=S)c(Br)c1. The summed E-state index contributed by atoms with van der Waals surface area (Å²) < 4.78 is 5.39.